The highest BCUT2D eigenvalue weighted by atomic mass is 32.1. The molecule has 0 aromatic carbocycles. The number of nitrogens with one attached hydrogen (secondary N) is 1. The Morgan fingerprint density at radius 3 is 2.58 bits per heavy atom. The Morgan fingerprint density at radius 2 is 1.92 bits per heavy atom. The Labute approximate surface area is 145 Å². The van der Waals surface area contributed by atoms with E-state index in [1.807, 2.05) is 20.8 Å². The zero-order valence-corrected chi connectivity index (χ0v) is 14.8. The van der Waals surface area contributed by atoms with Crippen LogP contribution in [-0.4, -0.2) is 22.5 Å². The highest BCUT2D eigenvalue weighted by molar-refractivity contribution is 7.17. The monoisotopic (exact) mass is 344 g/mol. The number of carbonyl (C=O) groups is 2. The minimum atomic E-state index is -0.584. The molecule has 0 atom stereocenters. The molecule has 0 radical (unpaired) electrons. The topological polar surface area (TPSA) is 68.3 Å². The van der Waals surface area contributed by atoms with E-state index in [1.165, 1.54) is 16.2 Å². The molecule has 1 amide bonds. The van der Waals surface area contributed by atoms with Crippen molar-refractivity contribution in [2.45, 2.75) is 45.6 Å². The molecule has 0 aliphatic heterocycles. The number of ether oxygens (including phenoxy) is 1. The summed E-state index contributed by atoms with van der Waals surface area (Å²) in [5.41, 5.74) is 1.65. The lowest BCUT2D eigenvalue weighted by molar-refractivity contribution is 0.0636. The van der Waals surface area contributed by atoms with Gasteiger partial charge in [-0.25, -0.2) is 4.79 Å². The molecule has 6 heteroatoms. The molecule has 0 bridgehead atoms. The van der Waals surface area contributed by atoms with E-state index in [1.54, 1.807) is 24.5 Å². The van der Waals surface area contributed by atoms with Gasteiger partial charge in [0, 0.05) is 22.8 Å². The number of thiophene rings is 1. The number of hydrogen-bond acceptors (Lipinski definition) is 5. The number of fused-ring (bicyclic) bond motifs is 1. The molecule has 3 rings (SSSR count). The maximum Gasteiger partial charge on any atom is 0.412 e. The third kappa shape index (κ3) is 3.48. The third-order valence-corrected chi connectivity index (χ3v) is 4.91. The summed E-state index contributed by atoms with van der Waals surface area (Å²) >= 11 is 1.48. The summed E-state index contributed by atoms with van der Waals surface area (Å²) in [6, 6.07) is 3.39. The van der Waals surface area contributed by atoms with Crippen molar-refractivity contribution in [3.63, 3.8) is 0 Å². The van der Waals surface area contributed by atoms with Gasteiger partial charge in [-0.15, -0.1) is 11.3 Å². The standard InChI is InChI=1S/C18H20N2O3S/c1-18(2,3)23-17(22)20-16-14(12-5-4-6-13(12)24-16)15(21)11-7-9-19-10-8-11/h7-10H,4-6H2,1-3H3,(H,20,22). The largest absolute Gasteiger partial charge is 0.444 e. The fourth-order valence-electron chi connectivity index (χ4n) is 2.78. The molecule has 0 spiro atoms. The SMILES string of the molecule is CC(C)(C)OC(=O)Nc1sc2c(c1C(=O)c1ccncc1)CCC2. The molecule has 2 aromatic rings. The van der Waals surface area contributed by atoms with Gasteiger partial charge in [0.15, 0.2) is 5.78 Å². The van der Waals surface area contributed by atoms with Crippen LogP contribution in [0.1, 0.15) is 53.6 Å². The second kappa shape index (κ2) is 6.36. The van der Waals surface area contributed by atoms with E-state index in [0.29, 0.717) is 16.1 Å². The Bertz CT molecular complexity index is 776. The molecule has 5 nitrogen and oxygen atoms in total. The average Bonchev–Trinajstić information content (AvgIpc) is 3.06. The van der Waals surface area contributed by atoms with Crippen molar-refractivity contribution in [1.29, 1.82) is 0 Å². The lowest BCUT2D eigenvalue weighted by atomic mass is 10.0. The van der Waals surface area contributed by atoms with E-state index >= 15 is 0 Å². The normalized spacial score (nSPS) is 13.5. The predicted octanol–water partition coefficient (Wildman–Crippen LogP) is 4.21. The van der Waals surface area contributed by atoms with Gasteiger partial charge < -0.3 is 4.74 Å². The van der Waals surface area contributed by atoms with Crippen molar-refractivity contribution in [3.8, 4) is 0 Å². The quantitative estimate of drug-likeness (QED) is 0.847. The molecule has 1 N–H and O–H groups in total. The molecule has 2 heterocycles. The van der Waals surface area contributed by atoms with E-state index in [2.05, 4.69) is 10.3 Å². The predicted molar refractivity (Wildman–Crippen MR) is 93.9 cm³/mol. The van der Waals surface area contributed by atoms with Crippen molar-refractivity contribution in [1.82, 2.24) is 4.98 Å². The molecule has 0 saturated carbocycles. The number of aromatic nitrogens is 1. The van der Waals surface area contributed by atoms with Crippen molar-refractivity contribution >= 4 is 28.2 Å². The molecule has 24 heavy (non-hydrogen) atoms. The van der Waals surface area contributed by atoms with Crippen LogP contribution < -0.4 is 5.32 Å². The molecule has 2 aromatic heterocycles. The number of ketones is 1. The van der Waals surface area contributed by atoms with Gasteiger partial charge in [0.2, 0.25) is 0 Å². The molecule has 1 aliphatic carbocycles. The summed E-state index contributed by atoms with van der Waals surface area (Å²) in [5, 5.41) is 3.35. The summed E-state index contributed by atoms with van der Waals surface area (Å²) < 4.78 is 5.32. The van der Waals surface area contributed by atoms with Gasteiger partial charge in [0.05, 0.1) is 5.56 Å². The maximum atomic E-state index is 12.9. The zero-order valence-electron chi connectivity index (χ0n) is 14.0. The van der Waals surface area contributed by atoms with Crippen LogP contribution >= 0.6 is 11.3 Å². The van der Waals surface area contributed by atoms with E-state index in [0.717, 1.165) is 24.8 Å². The minimum Gasteiger partial charge on any atom is -0.444 e. The second-order valence-corrected chi connectivity index (χ2v) is 7.86. The van der Waals surface area contributed by atoms with Gasteiger partial charge in [0.1, 0.15) is 10.6 Å². The summed E-state index contributed by atoms with van der Waals surface area (Å²) in [6.45, 7) is 5.43. The summed E-state index contributed by atoms with van der Waals surface area (Å²) in [4.78, 5) is 30.2. The molecular weight excluding hydrogens is 324 g/mol. The van der Waals surface area contributed by atoms with Gasteiger partial charge in [-0.2, -0.15) is 0 Å². The van der Waals surface area contributed by atoms with Crippen molar-refractivity contribution < 1.29 is 14.3 Å². The maximum absolute atomic E-state index is 12.9. The highest BCUT2D eigenvalue weighted by Crippen LogP contribution is 2.40. The van der Waals surface area contributed by atoms with Gasteiger partial charge >= 0.3 is 6.09 Å². The number of rotatable bonds is 3. The Morgan fingerprint density at radius 1 is 1.21 bits per heavy atom. The van der Waals surface area contributed by atoms with E-state index in [4.69, 9.17) is 4.74 Å². The van der Waals surface area contributed by atoms with E-state index in [-0.39, 0.29) is 5.78 Å². The number of hydrogen-bond donors (Lipinski definition) is 1. The first-order valence-electron chi connectivity index (χ1n) is 7.94. The molecule has 0 fully saturated rings. The average molecular weight is 344 g/mol. The Kier molecular flexibility index (Phi) is 4.41. The van der Waals surface area contributed by atoms with Crippen LogP contribution in [0.2, 0.25) is 0 Å². The first-order chi connectivity index (χ1) is 11.3. The number of anilines is 1. The highest BCUT2D eigenvalue weighted by Gasteiger charge is 2.29. The number of nitrogens with zero attached hydrogens (tertiary/aromatic N) is 1. The minimum absolute atomic E-state index is 0.0807. The summed E-state index contributed by atoms with van der Waals surface area (Å²) in [5.74, 6) is -0.0807. The van der Waals surface area contributed by atoms with Gasteiger partial charge in [-0.3, -0.25) is 15.1 Å². The van der Waals surface area contributed by atoms with Gasteiger partial charge in [0.25, 0.3) is 0 Å². The molecule has 126 valence electrons. The lowest BCUT2D eigenvalue weighted by Crippen LogP contribution is -2.27. The molecule has 0 saturated heterocycles. The number of carbonyl (C=O) groups excluding carboxylic acids is 2. The van der Waals surface area contributed by atoms with Crippen LogP contribution in [0.5, 0.6) is 0 Å². The van der Waals surface area contributed by atoms with Crippen molar-refractivity contribution in [2.24, 2.45) is 0 Å². The number of aryl methyl sites for hydroxylation is 1. The summed E-state index contributed by atoms with van der Waals surface area (Å²) in [7, 11) is 0. The smallest absolute Gasteiger partial charge is 0.412 e. The lowest BCUT2D eigenvalue weighted by Gasteiger charge is -2.19. The van der Waals surface area contributed by atoms with E-state index < -0.39 is 11.7 Å². The number of pyridine rings is 1. The second-order valence-electron chi connectivity index (χ2n) is 6.75. The Balaban J connectivity index is 1.93. The van der Waals surface area contributed by atoms with Gasteiger partial charge in [-0.1, -0.05) is 0 Å². The van der Waals surface area contributed by atoms with Crippen LogP contribution in [-0.2, 0) is 17.6 Å². The molecule has 0 unspecified atom stereocenters. The number of amides is 1. The first kappa shape index (κ1) is 16.6. The summed E-state index contributed by atoms with van der Waals surface area (Å²) in [6.07, 6.45) is 5.53. The van der Waals surface area contributed by atoms with Crippen LogP contribution in [0.25, 0.3) is 0 Å². The van der Waals surface area contributed by atoms with Gasteiger partial charge in [-0.05, 0) is 57.7 Å². The molecular formula is C18H20N2O3S. The van der Waals surface area contributed by atoms with Crippen molar-refractivity contribution in [2.75, 3.05) is 5.32 Å². The van der Waals surface area contributed by atoms with Crippen LogP contribution in [0.3, 0.4) is 0 Å². The van der Waals surface area contributed by atoms with Crippen LogP contribution in [0.4, 0.5) is 9.80 Å². The fraction of sp³-hybridized carbons (Fsp3) is 0.389. The van der Waals surface area contributed by atoms with Crippen LogP contribution in [0.15, 0.2) is 24.5 Å². The fourth-order valence-corrected chi connectivity index (χ4v) is 4.05. The van der Waals surface area contributed by atoms with Crippen LogP contribution in [0, 0.1) is 0 Å². The Hall–Kier alpha value is -2.21. The first-order valence-corrected chi connectivity index (χ1v) is 8.76. The van der Waals surface area contributed by atoms with Crippen molar-refractivity contribution in [3.05, 3.63) is 46.1 Å². The zero-order chi connectivity index (χ0) is 17.3. The van der Waals surface area contributed by atoms with E-state index in [9.17, 15) is 9.59 Å². The third-order valence-electron chi connectivity index (χ3n) is 3.71. The molecule has 1 aliphatic rings.